The molecule has 0 spiro atoms. The fourth-order valence-electron chi connectivity index (χ4n) is 0.951. The zero-order valence-electron chi connectivity index (χ0n) is 8.58. The third-order valence-electron chi connectivity index (χ3n) is 1.62. The molecule has 1 N–H and O–H groups in total. The van der Waals surface area contributed by atoms with E-state index in [1.807, 2.05) is 0 Å². The molecule has 0 aliphatic carbocycles. The van der Waals surface area contributed by atoms with E-state index < -0.39 is 9.84 Å². The van der Waals surface area contributed by atoms with Gasteiger partial charge in [-0.15, -0.1) is 11.6 Å². The Kier molecular flexibility index (Phi) is 5.44. The molecule has 0 aromatic rings. The van der Waals surface area contributed by atoms with Crippen LogP contribution in [-0.4, -0.2) is 38.3 Å². The van der Waals surface area contributed by atoms with Crippen LogP contribution in [0.25, 0.3) is 0 Å². The Bertz CT molecular complexity index is 289. The number of carbonyl (C=O) groups excluding carboxylic acids is 1. The molecule has 2 unspecified atom stereocenters. The van der Waals surface area contributed by atoms with Gasteiger partial charge < -0.3 is 5.32 Å². The molecule has 14 heavy (non-hydrogen) atoms. The first kappa shape index (κ1) is 13.7. The minimum absolute atomic E-state index is 0.0479. The summed E-state index contributed by atoms with van der Waals surface area (Å²) in [5.41, 5.74) is 0. The molecular formula is C8H16ClNO3S. The molecule has 0 saturated heterocycles. The largest absolute Gasteiger partial charge is 0.352 e. The van der Waals surface area contributed by atoms with Gasteiger partial charge in [-0.05, 0) is 6.92 Å². The van der Waals surface area contributed by atoms with Crippen molar-refractivity contribution in [2.24, 2.45) is 5.92 Å². The number of alkyl halides is 1. The molecule has 6 heteroatoms. The summed E-state index contributed by atoms with van der Waals surface area (Å²) in [6.07, 6.45) is 1.14. The highest BCUT2D eigenvalue weighted by atomic mass is 35.5. The Balaban J connectivity index is 4.07. The van der Waals surface area contributed by atoms with E-state index >= 15 is 0 Å². The van der Waals surface area contributed by atoms with Crippen LogP contribution in [0, 0.1) is 5.92 Å². The van der Waals surface area contributed by atoms with Crippen LogP contribution < -0.4 is 5.32 Å². The molecule has 1 amide bonds. The van der Waals surface area contributed by atoms with Gasteiger partial charge in [0.05, 0.1) is 5.75 Å². The van der Waals surface area contributed by atoms with E-state index in [1.165, 1.54) is 0 Å². The summed E-state index contributed by atoms with van der Waals surface area (Å²) in [6.45, 7) is 3.34. The molecule has 0 aliphatic rings. The van der Waals surface area contributed by atoms with Crippen LogP contribution in [0.15, 0.2) is 0 Å². The van der Waals surface area contributed by atoms with E-state index in [0.29, 0.717) is 0 Å². The molecule has 4 nitrogen and oxygen atoms in total. The van der Waals surface area contributed by atoms with Gasteiger partial charge >= 0.3 is 0 Å². The third kappa shape index (κ3) is 6.21. The van der Waals surface area contributed by atoms with E-state index in [9.17, 15) is 13.2 Å². The predicted molar refractivity (Wildman–Crippen MR) is 57.2 cm³/mol. The van der Waals surface area contributed by atoms with E-state index in [0.717, 1.165) is 6.26 Å². The van der Waals surface area contributed by atoms with Gasteiger partial charge in [-0.1, -0.05) is 6.92 Å². The highest BCUT2D eigenvalue weighted by Gasteiger charge is 2.16. The third-order valence-corrected chi connectivity index (χ3v) is 3.19. The van der Waals surface area contributed by atoms with E-state index in [1.54, 1.807) is 13.8 Å². The van der Waals surface area contributed by atoms with Gasteiger partial charge in [0.1, 0.15) is 9.84 Å². The molecule has 2 atom stereocenters. The topological polar surface area (TPSA) is 63.2 Å². The lowest BCUT2D eigenvalue weighted by molar-refractivity contribution is -0.124. The lowest BCUT2D eigenvalue weighted by Gasteiger charge is -2.15. The van der Waals surface area contributed by atoms with Gasteiger partial charge in [0.15, 0.2) is 0 Å². The Labute approximate surface area is 89.9 Å². The highest BCUT2D eigenvalue weighted by molar-refractivity contribution is 7.90. The zero-order valence-corrected chi connectivity index (χ0v) is 10.2. The second kappa shape index (κ2) is 5.56. The van der Waals surface area contributed by atoms with Crippen LogP contribution in [0.4, 0.5) is 0 Å². The van der Waals surface area contributed by atoms with E-state index in [2.05, 4.69) is 5.32 Å². The minimum Gasteiger partial charge on any atom is -0.352 e. The monoisotopic (exact) mass is 241 g/mol. The summed E-state index contributed by atoms with van der Waals surface area (Å²) >= 11 is 5.48. The zero-order chi connectivity index (χ0) is 11.4. The van der Waals surface area contributed by atoms with Crippen molar-refractivity contribution >= 4 is 27.3 Å². The summed E-state index contributed by atoms with van der Waals surface area (Å²) in [5.74, 6) is -0.319. The molecule has 0 aliphatic heterocycles. The van der Waals surface area contributed by atoms with Gasteiger partial charge in [0.25, 0.3) is 0 Å². The molecule has 0 rings (SSSR count). The first-order valence-corrected chi connectivity index (χ1v) is 6.90. The quantitative estimate of drug-likeness (QED) is 0.710. The molecule has 0 aromatic heterocycles. The fraction of sp³-hybridized carbons (Fsp3) is 0.875. The maximum absolute atomic E-state index is 11.3. The highest BCUT2D eigenvalue weighted by Crippen LogP contribution is 1.99. The fourth-order valence-corrected chi connectivity index (χ4v) is 2.08. The van der Waals surface area contributed by atoms with Crippen LogP contribution in [0.2, 0.25) is 0 Å². The molecular weight excluding hydrogens is 226 g/mol. The molecule has 0 fully saturated rings. The molecule has 0 heterocycles. The Morgan fingerprint density at radius 2 is 1.93 bits per heavy atom. The summed E-state index contributed by atoms with van der Waals surface area (Å²) < 4.78 is 21.8. The van der Waals surface area contributed by atoms with E-state index in [-0.39, 0.29) is 29.5 Å². The Morgan fingerprint density at radius 3 is 2.29 bits per heavy atom. The lowest BCUT2D eigenvalue weighted by Crippen LogP contribution is -2.40. The van der Waals surface area contributed by atoms with Gasteiger partial charge in [-0.2, -0.15) is 0 Å². The maximum Gasteiger partial charge on any atom is 0.224 e. The van der Waals surface area contributed by atoms with E-state index in [4.69, 9.17) is 11.6 Å². The summed E-state index contributed by atoms with van der Waals surface area (Å²) in [6, 6.07) is -0.372. The number of nitrogens with one attached hydrogen (secondary N) is 1. The standard InChI is InChI=1S/C8H16ClNO3S/c1-6(4-9)8(11)10-7(2)5-14(3,12)13/h6-7H,4-5H2,1-3H3,(H,10,11). The molecule has 0 radical (unpaired) electrons. The van der Waals surface area contributed by atoms with Crippen molar-refractivity contribution < 1.29 is 13.2 Å². The Morgan fingerprint density at radius 1 is 1.43 bits per heavy atom. The number of amides is 1. The van der Waals surface area contributed by atoms with Crippen molar-refractivity contribution in [2.75, 3.05) is 17.9 Å². The molecule has 0 aromatic carbocycles. The van der Waals surface area contributed by atoms with Crippen molar-refractivity contribution in [2.45, 2.75) is 19.9 Å². The van der Waals surface area contributed by atoms with Crippen molar-refractivity contribution in [3.8, 4) is 0 Å². The number of halogens is 1. The van der Waals surface area contributed by atoms with Gasteiger partial charge in [-0.3, -0.25) is 4.79 Å². The number of hydrogen-bond acceptors (Lipinski definition) is 3. The summed E-state index contributed by atoms with van der Waals surface area (Å²) in [5, 5.41) is 2.58. The second-order valence-corrected chi connectivity index (χ2v) is 6.05. The number of hydrogen-bond donors (Lipinski definition) is 1. The predicted octanol–water partition coefficient (Wildman–Crippen LogP) is 0.411. The van der Waals surface area contributed by atoms with Crippen LogP contribution >= 0.6 is 11.6 Å². The average Bonchev–Trinajstić information content (AvgIpc) is 1.99. The SMILES string of the molecule is CC(CS(C)(=O)=O)NC(=O)C(C)CCl. The molecule has 0 bridgehead atoms. The van der Waals surface area contributed by atoms with Crippen molar-refractivity contribution in [1.29, 1.82) is 0 Å². The smallest absolute Gasteiger partial charge is 0.224 e. The summed E-state index contributed by atoms with van der Waals surface area (Å²) in [7, 11) is -3.05. The molecule has 0 saturated carbocycles. The average molecular weight is 242 g/mol. The Hall–Kier alpha value is -0.290. The van der Waals surface area contributed by atoms with Crippen molar-refractivity contribution in [3.05, 3.63) is 0 Å². The van der Waals surface area contributed by atoms with Gasteiger partial charge in [-0.25, -0.2) is 8.42 Å². The lowest BCUT2D eigenvalue weighted by atomic mass is 10.2. The minimum atomic E-state index is -3.05. The maximum atomic E-state index is 11.3. The van der Waals surface area contributed by atoms with Crippen LogP contribution in [-0.2, 0) is 14.6 Å². The first-order valence-electron chi connectivity index (χ1n) is 4.30. The van der Waals surface area contributed by atoms with Gasteiger partial charge in [0.2, 0.25) is 5.91 Å². The van der Waals surface area contributed by atoms with Crippen LogP contribution in [0.5, 0.6) is 0 Å². The van der Waals surface area contributed by atoms with Gasteiger partial charge in [0, 0.05) is 24.1 Å². The number of carbonyl (C=O) groups is 1. The van der Waals surface area contributed by atoms with Crippen molar-refractivity contribution in [1.82, 2.24) is 5.32 Å². The van der Waals surface area contributed by atoms with Crippen LogP contribution in [0.1, 0.15) is 13.8 Å². The van der Waals surface area contributed by atoms with Crippen molar-refractivity contribution in [3.63, 3.8) is 0 Å². The number of sulfone groups is 1. The molecule has 84 valence electrons. The normalized spacial score (nSPS) is 16.0. The number of rotatable bonds is 5. The second-order valence-electron chi connectivity index (χ2n) is 3.56. The van der Waals surface area contributed by atoms with Crippen LogP contribution in [0.3, 0.4) is 0 Å². The summed E-state index contributed by atoms with van der Waals surface area (Å²) in [4.78, 5) is 11.3. The first-order chi connectivity index (χ1) is 6.26.